The third-order valence-corrected chi connectivity index (χ3v) is 3.84. The van der Waals surface area contributed by atoms with Crippen LogP contribution >= 0.6 is 11.8 Å². The molecule has 0 bridgehead atoms. The van der Waals surface area contributed by atoms with Crippen molar-refractivity contribution < 1.29 is 4.79 Å². The smallest absolute Gasteiger partial charge is 0.241 e. The minimum atomic E-state index is -0.128. The lowest BCUT2D eigenvalue weighted by atomic mass is 10.2. The summed E-state index contributed by atoms with van der Waals surface area (Å²) in [6.45, 7) is 1.97. The highest BCUT2D eigenvalue weighted by Crippen LogP contribution is 2.40. The van der Waals surface area contributed by atoms with Gasteiger partial charge in [-0.1, -0.05) is 0 Å². The third-order valence-electron chi connectivity index (χ3n) is 2.68. The number of hydrogen-bond donors (Lipinski definition) is 1. The number of rotatable bonds is 2. The van der Waals surface area contributed by atoms with E-state index in [1.807, 2.05) is 38.2 Å². The molecule has 0 saturated carbocycles. The van der Waals surface area contributed by atoms with E-state index in [4.69, 9.17) is 5.26 Å². The van der Waals surface area contributed by atoms with Crippen molar-refractivity contribution in [3.05, 3.63) is 18.2 Å². The topological polar surface area (TPSA) is 56.1 Å². The predicted molar refractivity (Wildman–Crippen MR) is 69.3 cm³/mol. The van der Waals surface area contributed by atoms with E-state index in [1.165, 1.54) is 0 Å². The number of hydrogen-bond acceptors (Lipinski definition) is 4. The van der Waals surface area contributed by atoms with E-state index in [-0.39, 0.29) is 17.7 Å². The first-order valence-corrected chi connectivity index (χ1v) is 6.22. The molecule has 2 rings (SSSR count). The SMILES string of the molecule is CNc1ccc2c(c1)N(CC#N)C(=O)C(C)S2. The Morgan fingerprint density at radius 1 is 1.59 bits per heavy atom. The molecule has 1 heterocycles. The molecule has 1 aromatic rings. The molecule has 0 saturated heterocycles. The van der Waals surface area contributed by atoms with Gasteiger partial charge in [0.2, 0.25) is 5.91 Å². The maximum Gasteiger partial charge on any atom is 0.241 e. The van der Waals surface area contributed by atoms with Gasteiger partial charge in [0, 0.05) is 17.6 Å². The first kappa shape index (κ1) is 11.8. The average Bonchev–Trinajstić information content (AvgIpc) is 2.34. The van der Waals surface area contributed by atoms with E-state index in [9.17, 15) is 4.79 Å². The van der Waals surface area contributed by atoms with Crippen molar-refractivity contribution in [1.82, 2.24) is 0 Å². The molecule has 0 aromatic heterocycles. The summed E-state index contributed by atoms with van der Waals surface area (Å²) in [4.78, 5) is 14.6. The Morgan fingerprint density at radius 2 is 2.35 bits per heavy atom. The van der Waals surface area contributed by atoms with E-state index in [0.717, 1.165) is 16.3 Å². The molecule has 5 heteroatoms. The highest BCUT2D eigenvalue weighted by atomic mass is 32.2. The van der Waals surface area contributed by atoms with Gasteiger partial charge >= 0.3 is 0 Å². The van der Waals surface area contributed by atoms with Crippen LogP contribution in [0.3, 0.4) is 0 Å². The molecule has 0 radical (unpaired) electrons. The van der Waals surface area contributed by atoms with Crippen molar-refractivity contribution >= 4 is 29.0 Å². The molecule has 4 nitrogen and oxygen atoms in total. The highest BCUT2D eigenvalue weighted by Gasteiger charge is 2.30. The number of amides is 1. The van der Waals surface area contributed by atoms with Crippen LogP contribution in [0.2, 0.25) is 0 Å². The fourth-order valence-corrected chi connectivity index (χ4v) is 2.84. The van der Waals surface area contributed by atoms with Gasteiger partial charge in [-0.15, -0.1) is 11.8 Å². The summed E-state index contributed by atoms with van der Waals surface area (Å²) in [6, 6.07) is 7.90. The zero-order valence-corrected chi connectivity index (χ0v) is 10.5. The lowest BCUT2D eigenvalue weighted by Crippen LogP contribution is -2.40. The summed E-state index contributed by atoms with van der Waals surface area (Å²) >= 11 is 1.54. The van der Waals surface area contributed by atoms with Crippen molar-refractivity contribution in [1.29, 1.82) is 5.26 Å². The van der Waals surface area contributed by atoms with Gasteiger partial charge < -0.3 is 5.32 Å². The van der Waals surface area contributed by atoms with Crippen molar-refractivity contribution in [2.75, 3.05) is 23.8 Å². The van der Waals surface area contributed by atoms with E-state index < -0.39 is 0 Å². The fraction of sp³-hybridized carbons (Fsp3) is 0.333. The predicted octanol–water partition coefficient (Wildman–Crippen LogP) is 2.08. The maximum absolute atomic E-state index is 12.0. The first-order chi connectivity index (χ1) is 8.17. The van der Waals surface area contributed by atoms with Crippen LogP contribution in [0, 0.1) is 11.3 Å². The molecule has 1 aliphatic rings. The van der Waals surface area contributed by atoms with Gasteiger partial charge in [-0.2, -0.15) is 5.26 Å². The summed E-state index contributed by atoms with van der Waals surface area (Å²) in [5.74, 6) is -0.00250. The Bertz CT molecular complexity index is 495. The van der Waals surface area contributed by atoms with E-state index in [1.54, 1.807) is 16.7 Å². The molecule has 1 aromatic carbocycles. The van der Waals surface area contributed by atoms with Crippen molar-refractivity contribution in [2.45, 2.75) is 17.1 Å². The van der Waals surface area contributed by atoms with Crippen molar-refractivity contribution in [2.24, 2.45) is 0 Å². The molecule has 1 atom stereocenters. The second-order valence-electron chi connectivity index (χ2n) is 3.78. The van der Waals surface area contributed by atoms with Crippen LogP contribution in [0.1, 0.15) is 6.92 Å². The second kappa shape index (κ2) is 4.68. The molecule has 0 fully saturated rings. The van der Waals surface area contributed by atoms with E-state index in [2.05, 4.69) is 5.32 Å². The van der Waals surface area contributed by atoms with Crippen LogP contribution in [0.25, 0.3) is 0 Å². The number of thioether (sulfide) groups is 1. The number of nitriles is 1. The number of carbonyl (C=O) groups is 1. The molecule has 0 spiro atoms. The Morgan fingerprint density at radius 3 is 3.00 bits per heavy atom. The summed E-state index contributed by atoms with van der Waals surface area (Å²) < 4.78 is 0. The summed E-state index contributed by atoms with van der Waals surface area (Å²) in [7, 11) is 1.83. The van der Waals surface area contributed by atoms with Gasteiger partial charge in [-0.3, -0.25) is 9.69 Å². The van der Waals surface area contributed by atoms with Gasteiger partial charge in [-0.25, -0.2) is 0 Å². The lowest BCUT2D eigenvalue weighted by Gasteiger charge is -2.30. The van der Waals surface area contributed by atoms with Gasteiger partial charge in [0.25, 0.3) is 0 Å². The monoisotopic (exact) mass is 247 g/mol. The third kappa shape index (κ3) is 2.08. The van der Waals surface area contributed by atoms with Gasteiger partial charge in [0.15, 0.2) is 0 Å². The molecular weight excluding hydrogens is 234 g/mol. The standard InChI is InChI=1S/C12H13N3OS/c1-8-12(16)15(6-5-13)10-7-9(14-2)3-4-11(10)17-8/h3-4,7-8,14H,6H2,1-2H3. The Labute approximate surface area is 105 Å². The van der Waals surface area contributed by atoms with Gasteiger partial charge in [-0.05, 0) is 25.1 Å². The summed E-state index contributed by atoms with van der Waals surface area (Å²) in [5, 5.41) is 11.7. The molecule has 1 unspecified atom stereocenters. The van der Waals surface area contributed by atoms with Crippen LogP contribution in [0.5, 0.6) is 0 Å². The van der Waals surface area contributed by atoms with Crippen molar-refractivity contribution in [3.8, 4) is 6.07 Å². The van der Waals surface area contributed by atoms with Crippen LogP contribution in [-0.2, 0) is 4.79 Å². The number of nitrogens with one attached hydrogen (secondary N) is 1. The quantitative estimate of drug-likeness (QED) is 0.813. The zero-order valence-electron chi connectivity index (χ0n) is 9.73. The van der Waals surface area contributed by atoms with Crippen LogP contribution in [0.15, 0.2) is 23.1 Å². The summed E-state index contributed by atoms with van der Waals surface area (Å²) in [6.07, 6.45) is 0. The Balaban J connectivity index is 2.48. The molecule has 17 heavy (non-hydrogen) atoms. The normalized spacial score (nSPS) is 18.5. The first-order valence-electron chi connectivity index (χ1n) is 5.34. The lowest BCUT2D eigenvalue weighted by molar-refractivity contribution is -0.117. The minimum absolute atomic E-state index is 0.00250. The maximum atomic E-state index is 12.0. The molecule has 88 valence electrons. The van der Waals surface area contributed by atoms with Crippen LogP contribution in [0.4, 0.5) is 11.4 Å². The number of benzene rings is 1. The number of anilines is 2. The minimum Gasteiger partial charge on any atom is -0.388 e. The van der Waals surface area contributed by atoms with Crippen LogP contribution in [-0.4, -0.2) is 24.7 Å². The van der Waals surface area contributed by atoms with E-state index in [0.29, 0.717) is 0 Å². The number of fused-ring (bicyclic) bond motifs is 1. The molecule has 0 aliphatic carbocycles. The number of carbonyl (C=O) groups excluding carboxylic acids is 1. The van der Waals surface area contributed by atoms with Crippen molar-refractivity contribution in [3.63, 3.8) is 0 Å². The van der Waals surface area contributed by atoms with Gasteiger partial charge in [0.05, 0.1) is 17.0 Å². The zero-order chi connectivity index (χ0) is 12.4. The summed E-state index contributed by atoms with van der Waals surface area (Å²) in [5.41, 5.74) is 1.76. The largest absolute Gasteiger partial charge is 0.388 e. The van der Waals surface area contributed by atoms with E-state index >= 15 is 0 Å². The fourth-order valence-electron chi connectivity index (χ4n) is 1.80. The second-order valence-corrected chi connectivity index (χ2v) is 5.16. The molecule has 1 aliphatic heterocycles. The number of nitrogens with zero attached hydrogens (tertiary/aromatic N) is 2. The van der Waals surface area contributed by atoms with Crippen LogP contribution < -0.4 is 10.2 Å². The molecule has 1 N–H and O–H groups in total. The van der Waals surface area contributed by atoms with Gasteiger partial charge in [0.1, 0.15) is 6.54 Å². The molecular formula is C12H13N3OS. The Hall–Kier alpha value is -1.67. The highest BCUT2D eigenvalue weighted by molar-refractivity contribution is 8.00. The average molecular weight is 247 g/mol. The molecule has 1 amide bonds. The Kier molecular flexibility index (Phi) is 3.25.